The molecule has 0 saturated heterocycles. The Hall–Kier alpha value is -2.86. The number of Topliss-reactive ketones (excluding diaryl/α,β-unsaturated/α-hetero) is 1. The maximum Gasteiger partial charge on any atom is 0.372 e. The smallest absolute Gasteiger partial charge is 0.372 e. The molecule has 136 valence electrons. The second-order valence-corrected chi connectivity index (χ2v) is 6.07. The van der Waals surface area contributed by atoms with Crippen molar-refractivity contribution in [3.8, 4) is 5.75 Å². The molecule has 0 atom stereocenters. The first kappa shape index (κ1) is 17.9. The Kier molecular flexibility index (Phi) is 5.23. The molecule has 6 heteroatoms. The summed E-state index contributed by atoms with van der Waals surface area (Å²) in [6.07, 6.45) is 2.83. The summed E-state index contributed by atoms with van der Waals surface area (Å²) in [6, 6.07) is 7.46. The van der Waals surface area contributed by atoms with Crippen molar-refractivity contribution in [1.82, 2.24) is 0 Å². The third-order valence-corrected chi connectivity index (χ3v) is 4.31. The molecule has 1 N–H and O–H groups in total. The van der Waals surface area contributed by atoms with Gasteiger partial charge in [-0.15, -0.1) is 0 Å². The van der Waals surface area contributed by atoms with E-state index >= 15 is 0 Å². The molecule has 1 aliphatic carbocycles. The highest BCUT2D eigenvalue weighted by atomic mass is 16.5. The first-order valence-corrected chi connectivity index (χ1v) is 8.34. The van der Waals surface area contributed by atoms with Gasteiger partial charge in [-0.25, -0.2) is 4.79 Å². The summed E-state index contributed by atoms with van der Waals surface area (Å²) in [5.41, 5.74) is 2.26. The zero-order valence-corrected chi connectivity index (χ0v) is 14.7. The van der Waals surface area contributed by atoms with Crippen molar-refractivity contribution in [2.45, 2.75) is 19.8 Å². The molecule has 3 rings (SSSR count). The fraction of sp³-hybridized carbons (Fsp3) is 0.300. The van der Waals surface area contributed by atoms with Crippen molar-refractivity contribution in [3.05, 3.63) is 58.0 Å². The molecule has 0 saturated carbocycles. The molecule has 0 spiro atoms. The van der Waals surface area contributed by atoms with Crippen LogP contribution in [0, 0.1) is 6.92 Å². The van der Waals surface area contributed by atoms with Crippen LogP contribution in [0.25, 0.3) is 6.08 Å². The molecule has 2 aromatic rings. The zero-order valence-electron chi connectivity index (χ0n) is 14.7. The van der Waals surface area contributed by atoms with Crippen molar-refractivity contribution in [3.63, 3.8) is 0 Å². The third-order valence-electron chi connectivity index (χ3n) is 4.31. The van der Waals surface area contributed by atoms with Crippen LogP contribution in [0.3, 0.4) is 0 Å². The van der Waals surface area contributed by atoms with Gasteiger partial charge in [0.2, 0.25) is 5.76 Å². The lowest BCUT2D eigenvalue weighted by molar-refractivity contribution is 0.0659. The number of rotatable bonds is 6. The summed E-state index contributed by atoms with van der Waals surface area (Å²) in [4.78, 5) is 24.0. The van der Waals surface area contributed by atoms with Gasteiger partial charge in [-0.05, 0) is 37.1 Å². The highest BCUT2D eigenvalue weighted by Gasteiger charge is 2.31. The topological polar surface area (TPSA) is 86.0 Å². The van der Waals surface area contributed by atoms with Gasteiger partial charge in [0.05, 0.1) is 12.2 Å². The fourth-order valence-electron chi connectivity index (χ4n) is 3.05. The van der Waals surface area contributed by atoms with Gasteiger partial charge in [-0.1, -0.05) is 12.1 Å². The highest BCUT2D eigenvalue weighted by molar-refractivity contribution is 6.14. The average Bonchev–Trinajstić information content (AvgIpc) is 2.96. The molecule has 6 nitrogen and oxygen atoms in total. The van der Waals surface area contributed by atoms with E-state index in [9.17, 15) is 14.7 Å². The van der Waals surface area contributed by atoms with Gasteiger partial charge in [0.15, 0.2) is 5.78 Å². The van der Waals surface area contributed by atoms with Crippen LogP contribution in [0.5, 0.6) is 5.75 Å². The van der Waals surface area contributed by atoms with Gasteiger partial charge >= 0.3 is 5.97 Å². The van der Waals surface area contributed by atoms with E-state index in [2.05, 4.69) is 0 Å². The van der Waals surface area contributed by atoms with E-state index in [4.69, 9.17) is 13.9 Å². The number of ketones is 1. The van der Waals surface area contributed by atoms with Crippen molar-refractivity contribution < 1.29 is 28.6 Å². The Bertz CT molecular complexity index is 874. The van der Waals surface area contributed by atoms with E-state index in [-0.39, 0.29) is 11.5 Å². The van der Waals surface area contributed by atoms with Gasteiger partial charge in [0, 0.05) is 24.7 Å². The van der Waals surface area contributed by atoms with E-state index in [1.54, 1.807) is 14.0 Å². The maximum atomic E-state index is 12.8. The Morgan fingerprint density at radius 1 is 1.31 bits per heavy atom. The Morgan fingerprint density at radius 3 is 2.85 bits per heavy atom. The molecule has 0 aliphatic heterocycles. The lowest BCUT2D eigenvalue weighted by Crippen LogP contribution is -2.13. The summed E-state index contributed by atoms with van der Waals surface area (Å²) < 4.78 is 15.9. The van der Waals surface area contributed by atoms with Crippen LogP contribution in [0.2, 0.25) is 0 Å². The minimum atomic E-state index is -1.16. The van der Waals surface area contributed by atoms with E-state index in [0.29, 0.717) is 54.3 Å². The van der Waals surface area contributed by atoms with Crippen LogP contribution in [0.15, 0.2) is 34.3 Å². The number of carboxylic acids is 1. The average molecular weight is 356 g/mol. The molecule has 1 aromatic carbocycles. The fourth-order valence-corrected chi connectivity index (χ4v) is 3.05. The van der Waals surface area contributed by atoms with Gasteiger partial charge < -0.3 is 19.0 Å². The lowest BCUT2D eigenvalue weighted by atomic mass is 9.88. The normalized spacial score (nSPS) is 15.2. The number of methoxy groups -OCH3 is 1. The molecule has 26 heavy (non-hydrogen) atoms. The number of aromatic carboxylic acids is 1. The quantitative estimate of drug-likeness (QED) is 0.629. The zero-order chi connectivity index (χ0) is 18.7. The molecule has 1 heterocycles. The number of hydrogen-bond donors (Lipinski definition) is 1. The first-order valence-electron chi connectivity index (χ1n) is 8.34. The maximum absolute atomic E-state index is 12.8. The Morgan fingerprint density at radius 2 is 2.12 bits per heavy atom. The molecule has 0 bridgehead atoms. The largest absolute Gasteiger partial charge is 0.491 e. The summed E-state index contributed by atoms with van der Waals surface area (Å²) in [5.74, 6) is -0.327. The van der Waals surface area contributed by atoms with Crippen LogP contribution in [0.4, 0.5) is 0 Å². The number of aryl methyl sites for hydroxylation is 1. The minimum Gasteiger partial charge on any atom is -0.491 e. The molecule has 0 unspecified atom stereocenters. The second kappa shape index (κ2) is 7.58. The number of ether oxygens (including phenoxy) is 2. The van der Waals surface area contributed by atoms with Gasteiger partial charge in [-0.3, -0.25) is 4.79 Å². The summed E-state index contributed by atoms with van der Waals surface area (Å²) in [5, 5.41) is 9.18. The van der Waals surface area contributed by atoms with Crippen LogP contribution in [-0.4, -0.2) is 37.2 Å². The Balaban J connectivity index is 1.86. The van der Waals surface area contributed by atoms with Crippen LogP contribution in [-0.2, 0) is 11.2 Å². The number of carboxylic acid groups (broad SMARTS) is 1. The number of carbonyl (C=O) groups is 2. The second-order valence-electron chi connectivity index (χ2n) is 6.07. The van der Waals surface area contributed by atoms with E-state index in [1.807, 2.05) is 30.3 Å². The molecule has 0 radical (unpaired) electrons. The minimum absolute atomic E-state index is 0.154. The van der Waals surface area contributed by atoms with Crippen LogP contribution >= 0.6 is 0 Å². The van der Waals surface area contributed by atoms with Crippen molar-refractivity contribution in [1.29, 1.82) is 0 Å². The van der Waals surface area contributed by atoms with Crippen LogP contribution in [0.1, 0.15) is 44.2 Å². The van der Waals surface area contributed by atoms with Crippen LogP contribution < -0.4 is 4.74 Å². The standard InChI is InChI=1S/C20H20O6/c1-12-17-16(26-19(12)20(22)23)7-6-14(18(17)21)10-13-4-3-5-15(11-13)25-9-8-24-2/h3-5,10-11H,6-9H2,1-2H3,(H,22,23)/b14-10+. The number of hydrogen-bond acceptors (Lipinski definition) is 5. The van der Waals surface area contributed by atoms with Gasteiger partial charge in [0.25, 0.3) is 0 Å². The summed E-state index contributed by atoms with van der Waals surface area (Å²) in [6.45, 7) is 2.56. The Labute approximate surface area is 151 Å². The first-order chi connectivity index (χ1) is 12.5. The highest BCUT2D eigenvalue weighted by Crippen LogP contribution is 2.33. The summed E-state index contributed by atoms with van der Waals surface area (Å²) in [7, 11) is 1.61. The molecule has 1 aromatic heterocycles. The molecule has 0 fully saturated rings. The third kappa shape index (κ3) is 3.55. The monoisotopic (exact) mass is 356 g/mol. The molecular weight excluding hydrogens is 336 g/mol. The number of furan rings is 1. The van der Waals surface area contributed by atoms with Crippen molar-refractivity contribution in [2.75, 3.05) is 20.3 Å². The van der Waals surface area contributed by atoms with Crippen molar-refractivity contribution >= 4 is 17.8 Å². The van der Waals surface area contributed by atoms with E-state index < -0.39 is 5.97 Å². The van der Waals surface area contributed by atoms with E-state index in [0.717, 1.165) is 5.56 Å². The number of allylic oxidation sites excluding steroid dienone is 1. The predicted molar refractivity (Wildman–Crippen MR) is 94.8 cm³/mol. The number of benzene rings is 1. The number of carbonyl (C=O) groups excluding carboxylic acids is 1. The molecular formula is C20H20O6. The number of fused-ring (bicyclic) bond motifs is 1. The summed E-state index contributed by atoms with van der Waals surface area (Å²) >= 11 is 0. The lowest BCUT2D eigenvalue weighted by Gasteiger charge is -2.13. The van der Waals surface area contributed by atoms with Crippen molar-refractivity contribution in [2.24, 2.45) is 0 Å². The van der Waals surface area contributed by atoms with E-state index in [1.165, 1.54) is 0 Å². The van der Waals surface area contributed by atoms with Gasteiger partial charge in [-0.2, -0.15) is 0 Å². The molecule has 1 aliphatic rings. The predicted octanol–water partition coefficient (Wildman–Crippen LogP) is 3.52. The SMILES string of the molecule is COCCOc1cccc(/C=C2\CCc3oc(C(=O)O)c(C)c3C2=O)c1. The molecule has 0 amide bonds. The van der Waals surface area contributed by atoms with Gasteiger partial charge in [0.1, 0.15) is 18.1 Å².